The van der Waals surface area contributed by atoms with Crippen molar-refractivity contribution in [1.29, 1.82) is 0 Å². The van der Waals surface area contributed by atoms with E-state index < -0.39 is 0 Å². The van der Waals surface area contributed by atoms with E-state index in [9.17, 15) is 4.79 Å². The van der Waals surface area contributed by atoms with E-state index in [0.717, 1.165) is 24.3 Å². The number of unbranched alkanes of at least 4 members (excludes halogenated alkanes) is 1. The Bertz CT molecular complexity index is 259. The molecular weight excluding hydrogens is 196 g/mol. The van der Waals surface area contributed by atoms with Crippen molar-refractivity contribution in [1.82, 2.24) is 10.3 Å². The molecule has 1 rings (SSSR count). The number of thiazole rings is 1. The van der Waals surface area contributed by atoms with Crippen LogP contribution >= 0.6 is 11.3 Å². The first-order chi connectivity index (χ1) is 6.83. The van der Waals surface area contributed by atoms with E-state index in [4.69, 9.17) is 0 Å². The largest absolute Gasteiger partial charge is 0.356 e. The van der Waals surface area contributed by atoms with E-state index in [1.807, 2.05) is 5.38 Å². The fourth-order valence-corrected chi connectivity index (χ4v) is 1.73. The molecule has 0 unspecified atom stereocenters. The summed E-state index contributed by atoms with van der Waals surface area (Å²) in [6.45, 7) is 2.79. The Morgan fingerprint density at radius 1 is 1.64 bits per heavy atom. The van der Waals surface area contributed by atoms with Crippen LogP contribution in [0.15, 0.2) is 11.6 Å². The standard InChI is InChI=1S/C10H16N2OS/c1-2-3-4-9(13)11-6-5-10-12-7-8-14-10/h7-8H,2-6H2,1H3,(H,11,13). The minimum absolute atomic E-state index is 0.156. The van der Waals surface area contributed by atoms with Crippen molar-refractivity contribution in [2.45, 2.75) is 32.6 Å². The van der Waals surface area contributed by atoms with Gasteiger partial charge in [0.2, 0.25) is 5.91 Å². The SMILES string of the molecule is CCCCC(=O)NCCc1nccs1. The van der Waals surface area contributed by atoms with Gasteiger partial charge in [0.1, 0.15) is 0 Å². The number of carbonyl (C=O) groups excluding carboxylic acids is 1. The van der Waals surface area contributed by atoms with Gasteiger partial charge >= 0.3 is 0 Å². The van der Waals surface area contributed by atoms with Crippen molar-refractivity contribution in [2.75, 3.05) is 6.54 Å². The maximum absolute atomic E-state index is 11.2. The van der Waals surface area contributed by atoms with Crippen molar-refractivity contribution in [3.05, 3.63) is 16.6 Å². The molecule has 1 aromatic heterocycles. The van der Waals surface area contributed by atoms with Crippen molar-refractivity contribution < 1.29 is 4.79 Å². The molecule has 1 amide bonds. The van der Waals surface area contributed by atoms with Crippen LogP contribution in [0.1, 0.15) is 31.2 Å². The van der Waals surface area contributed by atoms with Crippen LogP contribution in [0.4, 0.5) is 0 Å². The van der Waals surface area contributed by atoms with Gasteiger partial charge in [-0.25, -0.2) is 4.98 Å². The Morgan fingerprint density at radius 3 is 3.14 bits per heavy atom. The highest BCUT2D eigenvalue weighted by Crippen LogP contribution is 2.03. The van der Waals surface area contributed by atoms with Crippen molar-refractivity contribution in [3.63, 3.8) is 0 Å². The minimum atomic E-state index is 0.156. The smallest absolute Gasteiger partial charge is 0.220 e. The van der Waals surface area contributed by atoms with Crippen LogP contribution < -0.4 is 5.32 Å². The normalized spacial score (nSPS) is 10.1. The maximum Gasteiger partial charge on any atom is 0.220 e. The summed E-state index contributed by atoms with van der Waals surface area (Å²) in [6, 6.07) is 0. The second-order valence-corrected chi connectivity index (χ2v) is 4.11. The summed E-state index contributed by atoms with van der Waals surface area (Å²) in [5, 5.41) is 5.92. The lowest BCUT2D eigenvalue weighted by Crippen LogP contribution is -2.25. The molecule has 14 heavy (non-hydrogen) atoms. The Labute approximate surface area is 88.6 Å². The topological polar surface area (TPSA) is 42.0 Å². The van der Waals surface area contributed by atoms with Crippen LogP contribution in [-0.2, 0) is 11.2 Å². The molecule has 0 aliphatic heterocycles. The number of aromatic nitrogens is 1. The Kier molecular flexibility index (Phi) is 5.22. The maximum atomic E-state index is 11.2. The van der Waals surface area contributed by atoms with Gasteiger partial charge in [0.15, 0.2) is 0 Å². The van der Waals surface area contributed by atoms with Gasteiger partial charge in [-0.15, -0.1) is 11.3 Å². The van der Waals surface area contributed by atoms with Gasteiger partial charge in [-0.1, -0.05) is 13.3 Å². The van der Waals surface area contributed by atoms with Crippen LogP contribution in [0.25, 0.3) is 0 Å². The second kappa shape index (κ2) is 6.54. The summed E-state index contributed by atoms with van der Waals surface area (Å²) >= 11 is 1.63. The molecule has 1 aromatic rings. The quantitative estimate of drug-likeness (QED) is 0.783. The number of rotatable bonds is 6. The average Bonchev–Trinajstić information content (AvgIpc) is 2.67. The molecule has 1 heterocycles. The number of hydrogen-bond donors (Lipinski definition) is 1. The number of carbonyl (C=O) groups is 1. The highest BCUT2D eigenvalue weighted by Gasteiger charge is 2.00. The molecule has 0 fully saturated rings. The number of hydrogen-bond acceptors (Lipinski definition) is 3. The monoisotopic (exact) mass is 212 g/mol. The molecule has 0 atom stereocenters. The Balaban J connectivity index is 2.06. The van der Waals surface area contributed by atoms with Gasteiger partial charge in [0.05, 0.1) is 5.01 Å². The summed E-state index contributed by atoms with van der Waals surface area (Å²) in [6.07, 6.45) is 5.33. The number of nitrogens with zero attached hydrogens (tertiary/aromatic N) is 1. The third-order valence-corrected chi connectivity index (χ3v) is 2.74. The summed E-state index contributed by atoms with van der Waals surface area (Å²) in [5.41, 5.74) is 0. The van der Waals surface area contributed by atoms with E-state index in [0.29, 0.717) is 13.0 Å². The van der Waals surface area contributed by atoms with Gasteiger partial charge in [-0.2, -0.15) is 0 Å². The molecule has 0 aliphatic carbocycles. The van der Waals surface area contributed by atoms with E-state index in [1.165, 1.54) is 0 Å². The van der Waals surface area contributed by atoms with Gasteiger partial charge < -0.3 is 5.32 Å². The molecule has 0 saturated carbocycles. The zero-order valence-electron chi connectivity index (χ0n) is 8.45. The van der Waals surface area contributed by atoms with Gasteiger partial charge in [0, 0.05) is 31.0 Å². The third kappa shape index (κ3) is 4.37. The Morgan fingerprint density at radius 2 is 2.50 bits per heavy atom. The van der Waals surface area contributed by atoms with Crippen LogP contribution in [0.3, 0.4) is 0 Å². The predicted octanol–water partition coefficient (Wildman–Crippen LogP) is 1.99. The van der Waals surface area contributed by atoms with E-state index in [-0.39, 0.29) is 5.91 Å². The van der Waals surface area contributed by atoms with Crippen LogP contribution in [0.2, 0.25) is 0 Å². The van der Waals surface area contributed by atoms with Gasteiger partial charge in [-0.3, -0.25) is 4.79 Å². The lowest BCUT2D eigenvalue weighted by molar-refractivity contribution is -0.121. The zero-order valence-corrected chi connectivity index (χ0v) is 9.27. The first kappa shape index (κ1) is 11.2. The van der Waals surface area contributed by atoms with E-state index in [2.05, 4.69) is 17.2 Å². The molecule has 3 nitrogen and oxygen atoms in total. The first-order valence-electron chi connectivity index (χ1n) is 4.98. The molecule has 1 N–H and O–H groups in total. The van der Waals surface area contributed by atoms with Crippen LogP contribution in [0, 0.1) is 0 Å². The van der Waals surface area contributed by atoms with E-state index >= 15 is 0 Å². The molecule has 4 heteroatoms. The fraction of sp³-hybridized carbons (Fsp3) is 0.600. The first-order valence-corrected chi connectivity index (χ1v) is 5.86. The number of nitrogens with one attached hydrogen (secondary N) is 1. The third-order valence-electron chi connectivity index (χ3n) is 1.90. The fourth-order valence-electron chi connectivity index (χ4n) is 1.11. The number of amides is 1. The molecule has 0 saturated heterocycles. The lowest BCUT2D eigenvalue weighted by Gasteiger charge is -2.02. The van der Waals surface area contributed by atoms with Crippen molar-refractivity contribution in [2.24, 2.45) is 0 Å². The summed E-state index contributed by atoms with van der Waals surface area (Å²) in [5.74, 6) is 0.156. The summed E-state index contributed by atoms with van der Waals surface area (Å²) in [7, 11) is 0. The van der Waals surface area contributed by atoms with Crippen molar-refractivity contribution >= 4 is 17.2 Å². The predicted molar refractivity (Wildman–Crippen MR) is 58.4 cm³/mol. The highest BCUT2D eigenvalue weighted by molar-refractivity contribution is 7.09. The molecule has 0 spiro atoms. The molecule has 0 bridgehead atoms. The summed E-state index contributed by atoms with van der Waals surface area (Å²) in [4.78, 5) is 15.3. The molecule has 78 valence electrons. The summed E-state index contributed by atoms with van der Waals surface area (Å²) < 4.78 is 0. The molecule has 0 aliphatic rings. The van der Waals surface area contributed by atoms with Gasteiger partial charge in [-0.05, 0) is 6.42 Å². The zero-order chi connectivity index (χ0) is 10.2. The molecule has 0 aromatic carbocycles. The van der Waals surface area contributed by atoms with Crippen LogP contribution in [-0.4, -0.2) is 17.4 Å². The minimum Gasteiger partial charge on any atom is -0.356 e. The lowest BCUT2D eigenvalue weighted by atomic mass is 10.2. The Hall–Kier alpha value is -0.900. The van der Waals surface area contributed by atoms with Gasteiger partial charge in [0.25, 0.3) is 0 Å². The molecule has 0 radical (unpaired) electrons. The van der Waals surface area contributed by atoms with Crippen LogP contribution in [0.5, 0.6) is 0 Å². The second-order valence-electron chi connectivity index (χ2n) is 3.13. The highest BCUT2D eigenvalue weighted by atomic mass is 32.1. The van der Waals surface area contributed by atoms with Crippen molar-refractivity contribution in [3.8, 4) is 0 Å². The molecular formula is C10H16N2OS. The average molecular weight is 212 g/mol. The van der Waals surface area contributed by atoms with E-state index in [1.54, 1.807) is 17.5 Å².